The zero-order chi connectivity index (χ0) is 5.98. The van der Waals surface area contributed by atoms with Gasteiger partial charge >= 0.3 is 0 Å². The lowest BCUT2D eigenvalue weighted by Crippen LogP contribution is -2.35. The molecular formula is C6H14N2. The molecule has 1 rings (SSSR count). The molecule has 0 heterocycles. The predicted octanol–water partition coefficient (Wildman–Crippen LogP) is 0.291. The van der Waals surface area contributed by atoms with Crippen molar-refractivity contribution in [1.29, 1.82) is 0 Å². The van der Waals surface area contributed by atoms with Gasteiger partial charge in [0.2, 0.25) is 0 Å². The molecule has 2 heteroatoms. The highest BCUT2D eigenvalue weighted by Gasteiger charge is 2.20. The van der Waals surface area contributed by atoms with Gasteiger partial charge in [-0.1, -0.05) is 0 Å². The third-order valence-corrected chi connectivity index (χ3v) is 1.43. The molecule has 0 aliphatic heterocycles. The van der Waals surface area contributed by atoms with Crippen molar-refractivity contribution >= 4 is 0 Å². The van der Waals surface area contributed by atoms with Crippen LogP contribution in [0, 0.1) is 5.92 Å². The summed E-state index contributed by atoms with van der Waals surface area (Å²) in [6.45, 7) is 3.10. The number of nitrogens with one attached hydrogen (secondary N) is 1. The number of nitrogens with two attached hydrogens (primary N) is 1. The SMILES string of the molecule is CC(N)NCC1CC1. The molecule has 0 aromatic rings. The van der Waals surface area contributed by atoms with Crippen LogP contribution in [0.3, 0.4) is 0 Å². The number of hydrogen-bond acceptors (Lipinski definition) is 2. The van der Waals surface area contributed by atoms with Crippen LogP contribution >= 0.6 is 0 Å². The van der Waals surface area contributed by atoms with Crippen molar-refractivity contribution in [2.24, 2.45) is 11.7 Å². The van der Waals surface area contributed by atoms with Crippen molar-refractivity contribution in [3.63, 3.8) is 0 Å². The maximum Gasteiger partial charge on any atom is 0.0517 e. The summed E-state index contributed by atoms with van der Waals surface area (Å²) < 4.78 is 0. The van der Waals surface area contributed by atoms with Gasteiger partial charge in [0, 0.05) is 0 Å². The Balaban J connectivity index is 1.87. The van der Waals surface area contributed by atoms with E-state index in [1.807, 2.05) is 6.92 Å². The normalized spacial score (nSPS) is 23.2. The fourth-order valence-corrected chi connectivity index (χ4v) is 0.675. The van der Waals surface area contributed by atoms with Gasteiger partial charge in [0.15, 0.2) is 0 Å². The molecule has 0 spiro atoms. The minimum atomic E-state index is 0.176. The van der Waals surface area contributed by atoms with E-state index in [0.717, 1.165) is 12.5 Å². The molecule has 1 atom stereocenters. The Hall–Kier alpha value is -0.0800. The molecule has 1 saturated carbocycles. The second kappa shape index (κ2) is 2.46. The Bertz CT molecular complexity index is 64.9. The van der Waals surface area contributed by atoms with Crippen LogP contribution in [0.2, 0.25) is 0 Å². The van der Waals surface area contributed by atoms with Crippen molar-refractivity contribution in [2.45, 2.75) is 25.9 Å². The van der Waals surface area contributed by atoms with Gasteiger partial charge in [-0.2, -0.15) is 0 Å². The molecular weight excluding hydrogens is 100 g/mol. The molecule has 0 saturated heterocycles. The van der Waals surface area contributed by atoms with Crippen LogP contribution in [0.5, 0.6) is 0 Å². The van der Waals surface area contributed by atoms with Crippen LogP contribution in [-0.2, 0) is 0 Å². The lowest BCUT2D eigenvalue weighted by Gasteiger charge is -2.05. The fourth-order valence-electron chi connectivity index (χ4n) is 0.675. The minimum Gasteiger partial charge on any atom is -0.316 e. The highest BCUT2D eigenvalue weighted by Crippen LogP contribution is 2.27. The quantitative estimate of drug-likeness (QED) is 0.517. The topological polar surface area (TPSA) is 38.0 Å². The predicted molar refractivity (Wildman–Crippen MR) is 34.4 cm³/mol. The van der Waals surface area contributed by atoms with Crippen LogP contribution in [0.15, 0.2) is 0 Å². The summed E-state index contributed by atoms with van der Waals surface area (Å²) in [7, 11) is 0. The largest absolute Gasteiger partial charge is 0.316 e. The van der Waals surface area contributed by atoms with Gasteiger partial charge < -0.3 is 11.1 Å². The first kappa shape index (κ1) is 6.05. The summed E-state index contributed by atoms with van der Waals surface area (Å²) >= 11 is 0. The summed E-state index contributed by atoms with van der Waals surface area (Å²) in [6.07, 6.45) is 2.98. The van der Waals surface area contributed by atoms with E-state index >= 15 is 0 Å². The van der Waals surface area contributed by atoms with Crippen LogP contribution in [0.1, 0.15) is 19.8 Å². The van der Waals surface area contributed by atoms with Gasteiger partial charge in [-0.05, 0) is 32.2 Å². The summed E-state index contributed by atoms with van der Waals surface area (Å²) in [6, 6.07) is 0. The molecule has 48 valence electrons. The fraction of sp³-hybridized carbons (Fsp3) is 1.00. The molecule has 3 N–H and O–H groups in total. The van der Waals surface area contributed by atoms with Gasteiger partial charge in [-0.15, -0.1) is 0 Å². The standard InChI is InChI=1S/C6H14N2/c1-5(7)8-4-6-2-3-6/h5-6,8H,2-4,7H2,1H3. The molecule has 0 bridgehead atoms. The van der Waals surface area contributed by atoms with E-state index < -0.39 is 0 Å². The van der Waals surface area contributed by atoms with Crippen LogP contribution in [-0.4, -0.2) is 12.7 Å². The first-order valence-corrected chi connectivity index (χ1v) is 3.28. The van der Waals surface area contributed by atoms with Gasteiger partial charge in [0.25, 0.3) is 0 Å². The highest BCUT2D eigenvalue weighted by molar-refractivity contribution is 4.75. The van der Waals surface area contributed by atoms with Crippen molar-refractivity contribution in [2.75, 3.05) is 6.54 Å². The van der Waals surface area contributed by atoms with Crippen LogP contribution in [0.25, 0.3) is 0 Å². The Kier molecular flexibility index (Phi) is 1.86. The van der Waals surface area contributed by atoms with E-state index in [1.54, 1.807) is 0 Å². The maximum atomic E-state index is 5.46. The average molecular weight is 114 g/mol. The smallest absolute Gasteiger partial charge is 0.0517 e. The van der Waals surface area contributed by atoms with Gasteiger partial charge in [-0.25, -0.2) is 0 Å². The van der Waals surface area contributed by atoms with Crippen molar-refractivity contribution in [3.8, 4) is 0 Å². The Morgan fingerprint density at radius 1 is 1.75 bits per heavy atom. The van der Waals surface area contributed by atoms with Crippen molar-refractivity contribution in [1.82, 2.24) is 5.32 Å². The second-order valence-electron chi connectivity index (χ2n) is 2.64. The van der Waals surface area contributed by atoms with Gasteiger partial charge in [0.05, 0.1) is 6.17 Å². The first-order chi connectivity index (χ1) is 3.79. The van der Waals surface area contributed by atoms with Crippen LogP contribution < -0.4 is 11.1 Å². The number of rotatable bonds is 3. The van der Waals surface area contributed by atoms with E-state index in [9.17, 15) is 0 Å². The van der Waals surface area contributed by atoms with Crippen LogP contribution in [0.4, 0.5) is 0 Å². The Morgan fingerprint density at radius 3 is 2.75 bits per heavy atom. The average Bonchev–Trinajstić information content (AvgIpc) is 2.41. The molecule has 1 unspecified atom stereocenters. The molecule has 1 aliphatic carbocycles. The first-order valence-electron chi connectivity index (χ1n) is 3.28. The molecule has 2 nitrogen and oxygen atoms in total. The van der Waals surface area contributed by atoms with E-state index in [4.69, 9.17) is 5.73 Å². The zero-order valence-electron chi connectivity index (χ0n) is 5.35. The zero-order valence-corrected chi connectivity index (χ0v) is 5.35. The molecule has 0 aromatic heterocycles. The Morgan fingerprint density at radius 2 is 2.38 bits per heavy atom. The molecule has 0 radical (unpaired) electrons. The lowest BCUT2D eigenvalue weighted by atomic mass is 10.4. The van der Waals surface area contributed by atoms with Gasteiger partial charge in [0.1, 0.15) is 0 Å². The minimum absolute atomic E-state index is 0.176. The van der Waals surface area contributed by atoms with E-state index in [-0.39, 0.29) is 6.17 Å². The summed E-state index contributed by atoms with van der Waals surface area (Å²) in [5, 5.41) is 3.19. The maximum absolute atomic E-state index is 5.46. The second-order valence-corrected chi connectivity index (χ2v) is 2.64. The summed E-state index contributed by atoms with van der Waals surface area (Å²) in [5.41, 5.74) is 5.46. The van der Waals surface area contributed by atoms with Crippen molar-refractivity contribution < 1.29 is 0 Å². The molecule has 1 fully saturated rings. The molecule has 8 heavy (non-hydrogen) atoms. The van der Waals surface area contributed by atoms with E-state index in [0.29, 0.717) is 0 Å². The van der Waals surface area contributed by atoms with Gasteiger partial charge in [-0.3, -0.25) is 0 Å². The van der Waals surface area contributed by atoms with Crippen molar-refractivity contribution in [3.05, 3.63) is 0 Å². The lowest BCUT2D eigenvalue weighted by molar-refractivity contribution is 0.543. The Labute approximate surface area is 50.4 Å². The third-order valence-electron chi connectivity index (χ3n) is 1.43. The van der Waals surface area contributed by atoms with E-state index in [1.165, 1.54) is 12.8 Å². The summed E-state index contributed by atoms with van der Waals surface area (Å²) in [5.74, 6) is 0.945. The molecule has 0 amide bonds. The highest BCUT2D eigenvalue weighted by atomic mass is 15.0. The van der Waals surface area contributed by atoms with E-state index in [2.05, 4.69) is 5.32 Å². The monoisotopic (exact) mass is 114 g/mol. The molecule has 1 aliphatic rings. The molecule has 0 aromatic carbocycles. The number of hydrogen-bond donors (Lipinski definition) is 2. The summed E-state index contributed by atoms with van der Waals surface area (Å²) in [4.78, 5) is 0. The third kappa shape index (κ3) is 2.28.